The molecule has 1 fully saturated rings. The van der Waals surface area contributed by atoms with Crippen molar-refractivity contribution in [3.05, 3.63) is 35.6 Å². The molecule has 1 aromatic rings. The monoisotopic (exact) mass is 342 g/mol. The van der Waals surface area contributed by atoms with E-state index in [1.54, 1.807) is 4.90 Å². The van der Waals surface area contributed by atoms with E-state index >= 15 is 0 Å². The molecular formula is C16H23FN2O3S. The minimum atomic E-state index is -3.53. The molecule has 0 aromatic heterocycles. The van der Waals surface area contributed by atoms with Gasteiger partial charge in [-0.1, -0.05) is 19.1 Å². The number of hydrogen-bond acceptors (Lipinski definition) is 3. The third-order valence-corrected chi connectivity index (χ3v) is 5.26. The highest BCUT2D eigenvalue weighted by Gasteiger charge is 2.26. The second-order valence-electron chi connectivity index (χ2n) is 6.24. The third-order valence-electron chi connectivity index (χ3n) is 4.06. The summed E-state index contributed by atoms with van der Waals surface area (Å²) in [4.78, 5) is 14.1. The Bertz CT molecular complexity index is 646. The van der Waals surface area contributed by atoms with Crippen molar-refractivity contribution in [3.8, 4) is 0 Å². The van der Waals surface area contributed by atoms with Crippen LogP contribution in [0.5, 0.6) is 0 Å². The minimum absolute atomic E-state index is 0.0637. The molecule has 0 N–H and O–H groups in total. The lowest BCUT2D eigenvalue weighted by Gasteiger charge is -2.32. The summed E-state index contributed by atoms with van der Waals surface area (Å²) in [7, 11) is -3.53. The van der Waals surface area contributed by atoms with Gasteiger partial charge >= 0.3 is 0 Å². The minimum Gasteiger partial charge on any atom is -0.341 e. The van der Waals surface area contributed by atoms with E-state index in [1.807, 2.05) is 0 Å². The molecule has 7 heteroatoms. The summed E-state index contributed by atoms with van der Waals surface area (Å²) in [5.41, 5.74) is 0.650. The zero-order valence-corrected chi connectivity index (χ0v) is 14.4. The molecule has 5 nitrogen and oxygen atoms in total. The van der Waals surface area contributed by atoms with E-state index in [2.05, 4.69) is 6.92 Å². The van der Waals surface area contributed by atoms with Gasteiger partial charge in [0.1, 0.15) is 5.82 Å². The number of hydrogen-bond donors (Lipinski definition) is 0. The van der Waals surface area contributed by atoms with Crippen LogP contribution in [0.1, 0.15) is 25.3 Å². The first kappa shape index (κ1) is 17.9. The van der Waals surface area contributed by atoms with Gasteiger partial charge in [-0.25, -0.2) is 12.8 Å². The summed E-state index contributed by atoms with van der Waals surface area (Å²) < 4.78 is 38.0. The van der Waals surface area contributed by atoms with E-state index in [0.29, 0.717) is 24.6 Å². The average molecular weight is 342 g/mol. The molecule has 1 aliphatic heterocycles. The Morgan fingerprint density at radius 1 is 1.35 bits per heavy atom. The van der Waals surface area contributed by atoms with E-state index in [1.165, 1.54) is 24.3 Å². The number of halogens is 1. The molecule has 1 aliphatic rings. The molecule has 1 aromatic carbocycles. The van der Waals surface area contributed by atoms with Gasteiger partial charge in [0.25, 0.3) is 0 Å². The van der Waals surface area contributed by atoms with E-state index < -0.39 is 10.0 Å². The number of benzene rings is 1. The van der Waals surface area contributed by atoms with Crippen LogP contribution in [0, 0.1) is 11.7 Å². The molecule has 1 heterocycles. The third kappa shape index (κ3) is 5.28. The van der Waals surface area contributed by atoms with E-state index in [0.717, 1.165) is 23.4 Å². The first-order chi connectivity index (χ1) is 10.8. The quantitative estimate of drug-likeness (QED) is 0.820. The van der Waals surface area contributed by atoms with Crippen molar-refractivity contribution in [1.82, 2.24) is 9.21 Å². The number of nitrogens with zero attached hydrogens (tertiary/aromatic N) is 2. The highest BCUT2D eigenvalue weighted by molar-refractivity contribution is 7.88. The second kappa shape index (κ2) is 7.40. The first-order valence-corrected chi connectivity index (χ1v) is 9.58. The van der Waals surface area contributed by atoms with Gasteiger partial charge in [0, 0.05) is 19.6 Å². The molecule has 0 radical (unpaired) electrons. The molecule has 2 rings (SSSR count). The molecular weight excluding hydrogens is 319 g/mol. The fraction of sp³-hybridized carbons (Fsp3) is 0.562. The Morgan fingerprint density at radius 3 is 2.57 bits per heavy atom. The topological polar surface area (TPSA) is 57.7 Å². The molecule has 23 heavy (non-hydrogen) atoms. The number of rotatable bonds is 5. The van der Waals surface area contributed by atoms with Gasteiger partial charge < -0.3 is 4.90 Å². The van der Waals surface area contributed by atoms with E-state index in [4.69, 9.17) is 0 Å². The molecule has 0 spiro atoms. The van der Waals surface area contributed by atoms with Gasteiger partial charge in [-0.05, 0) is 36.5 Å². The van der Waals surface area contributed by atoms with Gasteiger partial charge in [0.05, 0.1) is 12.8 Å². The van der Waals surface area contributed by atoms with Crippen LogP contribution < -0.4 is 0 Å². The number of carbonyl (C=O) groups excluding carboxylic acids is 1. The van der Waals surface area contributed by atoms with Crippen LogP contribution in [0.3, 0.4) is 0 Å². The maximum Gasteiger partial charge on any atom is 0.237 e. The van der Waals surface area contributed by atoms with Gasteiger partial charge in [-0.15, -0.1) is 0 Å². The zero-order chi connectivity index (χ0) is 17.0. The lowest BCUT2D eigenvalue weighted by atomic mass is 10.0. The molecule has 0 bridgehead atoms. The summed E-state index contributed by atoms with van der Waals surface area (Å²) in [5.74, 6) is -0.112. The normalized spacial score (nSPS) is 19.1. The largest absolute Gasteiger partial charge is 0.341 e. The molecule has 1 atom stereocenters. The van der Waals surface area contributed by atoms with Crippen molar-refractivity contribution in [2.24, 2.45) is 5.92 Å². The number of likely N-dealkylation sites (tertiary alicyclic amines) is 1. The van der Waals surface area contributed by atoms with Gasteiger partial charge in [-0.2, -0.15) is 4.31 Å². The molecule has 1 amide bonds. The first-order valence-electron chi connectivity index (χ1n) is 7.73. The number of sulfonamides is 1. The summed E-state index contributed by atoms with van der Waals surface area (Å²) in [6, 6.07) is 5.62. The average Bonchev–Trinajstić information content (AvgIpc) is 2.47. The van der Waals surface area contributed by atoms with Crippen molar-refractivity contribution < 1.29 is 17.6 Å². The SMILES string of the molecule is CC1CCCN(C(=O)CN(Cc2ccc(F)cc2)S(C)(=O)=O)C1. The van der Waals surface area contributed by atoms with Crippen molar-refractivity contribution >= 4 is 15.9 Å². The predicted molar refractivity (Wildman–Crippen MR) is 86.6 cm³/mol. The summed E-state index contributed by atoms with van der Waals surface area (Å²) in [6.45, 7) is 3.33. The van der Waals surface area contributed by atoms with E-state index in [-0.39, 0.29) is 24.8 Å². The molecule has 0 aliphatic carbocycles. The van der Waals surface area contributed by atoms with Crippen LogP contribution in [0.4, 0.5) is 4.39 Å². The van der Waals surface area contributed by atoms with Gasteiger partial charge in [0.2, 0.25) is 15.9 Å². The molecule has 0 saturated carbocycles. The standard InChI is InChI=1S/C16H23FN2O3S/c1-13-4-3-9-18(10-13)16(20)12-19(23(2,21)22)11-14-5-7-15(17)8-6-14/h5-8,13H,3-4,9-12H2,1-2H3. The maximum atomic E-state index is 13.0. The van der Waals surface area contributed by atoms with Gasteiger partial charge in [0.15, 0.2) is 0 Å². The fourth-order valence-corrected chi connectivity index (χ4v) is 3.48. The highest BCUT2D eigenvalue weighted by Crippen LogP contribution is 2.17. The Balaban J connectivity index is 2.06. The Labute approximate surface area is 137 Å². The summed E-state index contributed by atoms with van der Waals surface area (Å²) in [6.07, 6.45) is 3.13. The molecule has 1 unspecified atom stereocenters. The lowest BCUT2D eigenvalue weighted by Crippen LogP contribution is -2.45. The van der Waals surface area contributed by atoms with Crippen LogP contribution in [0.15, 0.2) is 24.3 Å². The van der Waals surface area contributed by atoms with E-state index in [9.17, 15) is 17.6 Å². The van der Waals surface area contributed by atoms with Gasteiger partial charge in [-0.3, -0.25) is 4.79 Å². The second-order valence-corrected chi connectivity index (χ2v) is 8.23. The smallest absolute Gasteiger partial charge is 0.237 e. The van der Waals surface area contributed by atoms with Crippen molar-refractivity contribution in [1.29, 1.82) is 0 Å². The fourth-order valence-electron chi connectivity index (χ4n) is 2.75. The Hall–Kier alpha value is -1.47. The van der Waals surface area contributed by atoms with Crippen LogP contribution in [-0.2, 0) is 21.4 Å². The van der Waals surface area contributed by atoms with Crippen LogP contribution in [0.25, 0.3) is 0 Å². The number of carbonyl (C=O) groups is 1. The highest BCUT2D eigenvalue weighted by atomic mass is 32.2. The summed E-state index contributed by atoms with van der Waals surface area (Å²) in [5, 5.41) is 0. The molecule has 1 saturated heterocycles. The summed E-state index contributed by atoms with van der Waals surface area (Å²) >= 11 is 0. The lowest BCUT2D eigenvalue weighted by molar-refractivity contribution is -0.133. The van der Waals surface area contributed by atoms with Crippen LogP contribution >= 0.6 is 0 Å². The maximum absolute atomic E-state index is 13.0. The van der Waals surface area contributed by atoms with Crippen molar-refractivity contribution in [3.63, 3.8) is 0 Å². The molecule has 128 valence electrons. The Kier molecular flexibility index (Phi) is 5.75. The van der Waals surface area contributed by atoms with Crippen LogP contribution in [-0.4, -0.2) is 49.4 Å². The zero-order valence-electron chi connectivity index (χ0n) is 13.5. The van der Waals surface area contributed by atoms with Crippen molar-refractivity contribution in [2.45, 2.75) is 26.3 Å². The number of amides is 1. The number of piperidine rings is 1. The Morgan fingerprint density at radius 2 is 2.00 bits per heavy atom. The predicted octanol–water partition coefficient (Wildman–Crippen LogP) is 1.85. The van der Waals surface area contributed by atoms with Crippen molar-refractivity contribution in [2.75, 3.05) is 25.9 Å². The van der Waals surface area contributed by atoms with Crippen LogP contribution in [0.2, 0.25) is 0 Å².